The van der Waals surface area contributed by atoms with Crippen molar-refractivity contribution >= 4 is 11.7 Å². The lowest BCUT2D eigenvalue weighted by atomic mass is 10.1. The van der Waals surface area contributed by atoms with Crippen LogP contribution in [0.2, 0.25) is 0 Å². The van der Waals surface area contributed by atoms with Crippen molar-refractivity contribution in [2.75, 3.05) is 18.4 Å². The van der Waals surface area contributed by atoms with Gasteiger partial charge in [-0.05, 0) is 32.0 Å². The molecule has 0 radical (unpaired) electrons. The molecule has 1 aromatic rings. The number of amides is 2. The van der Waals surface area contributed by atoms with Crippen molar-refractivity contribution in [2.45, 2.75) is 25.9 Å². The van der Waals surface area contributed by atoms with E-state index in [1.807, 2.05) is 13.8 Å². The van der Waals surface area contributed by atoms with Crippen LogP contribution in [0.1, 0.15) is 13.8 Å². The normalized spacial score (nSPS) is 23.8. The lowest BCUT2D eigenvalue weighted by Crippen LogP contribution is -2.57. The Kier molecular flexibility index (Phi) is 3.81. The lowest BCUT2D eigenvalue weighted by molar-refractivity contribution is 0.161. The molecule has 0 aromatic heterocycles. The van der Waals surface area contributed by atoms with Gasteiger partial charge in [-0.1, -0.05) is 6.07 Å². The lowest BCUT2D eigenvalue weighted by Gasteiger charge is -2.37. The van der Waals surface area contributed by atoms with Gasteiger partial charge in [0.15, 0.2) is 0 Å². The molecule has 2 rings (SSSR count). The molecule has 1 saturated heterocycles. The molecule has 0 saturated carbocycles. The SMILES string of the molecule is CC1CN(C(=O)Nc2cccc(F)c2)C(C)CN1. The van der Waals surface area contributed by atoms with Gasteiger partial charge in [0, 0.05) is 30.9 Å². The fourth-order valence-corrected chi connectivity index (χ4v) is 2.07. The van der Waals surface area contributed by atoms with E-state index < -0.39 is 0 Å². The molecule has 2 amide bonds. The number of piperazine rings is 1. The maximum absolute atomic E-state index is 13.0. The number of nitrogens with one attached hydrogen (secondary N) is 2. The first-order valence-electron chi connectivity index (χ1n) is 6.13. The van der Waals surface area contributed by atoms with Crippen LogP contribution in [0.5, 0.6) is 0 Å². The van der Waals surface area contributed by atoms with Gasteiger partial charge in [0.05, 0.1) is 0 Å². The van der Waals surface area contributed by atoms with Crippen molar-refractivity contribution < 1.29 is 9.18 Å². The second kappa shape index (κ2) is 5.35. The molecule has 5 heteroatoms. The Balaban J connectivity index is 2.02. The number of carbonyl (C=O) groups excluding carboxylic acids is 1. The third-order valence-corrected chi connectivity index (χ3v) is 3.10. The minimum atomic E-state index is -0.352. The number of hydrogen-bond acceptors (Lipinski definition) is 2. The summed E-state index contributed by atoms with van der Waals surface area (Å²) in [6.45, 7) is 5.46. The van der Waals surface area contributed by atoms with E-state index in [1.165, 1.54) is 12.1 Å². The molecule has 1 aliphatic heterocycles. The van der Waals surface area contributed by atoms with Crippen molar-refractivity contribution in [1.82, 2.24) is 10.2 Å². The van der Waals surface area contributed by atoms with E-state index in [0.29, 0.717) is 12.2 Å². The second-order valence-electron chi connectivity index (χ2n) is 4.75. The Hall–Kier alpha value is -1.62. The van der Waals surface area contributed by atoms with Gasteiger partial charge in [-0.3, -0.25) is 0 Å². The van der Waals surface area contributed by atoms with Crippen molar-refractivity contribution in [3.63, 3.8) is 0 Å². The predicted octanol–water partition coefficient (Wildman–Crippen LogP) is 2.04. The van der Waals surface area contributed by atoms with E-state index >= 15 is 0 Å². The van der Waals surface area contributed by atoms with Crippen LogP contribution in [0.4, 0.5) is 14.9 Å². The second-order valence-corrected chi connectivity index (χ2v) is 4.75. The molecule has 1 fully saturated rings. The maximum Gasteiger partial charge on any atom is 0.322 e. The van der Waals surface area contributed by atoms with E-state index in [2.05, 4.69) is 10.6 Å². The van der Waals surface area contributed by atoms with E-state index in [-0.39, 0.29) is 23.9 Å². The molecule has 2 unspecified atom stereocenters. The molecular weight excluding hydrogens is 233 g/mol. The van der Waals surface area contributed by atoms with E-state index in [1.54, 1.807) is 17.0 Å². The molecule has 0 aliphatic carbocycles. The highest BCUT2D eigenvalue weighted by molar-refractivity contribution is 5.89. The summed E-state index contributed by atoms with van der Waals surface area (Å²) in [7, 11) is 0. The number of rotatable bonds is 1. The summed E-state index contributed by atoms with van der Waals surface area (Å²) in [4.78, 5) is 13.9. The Labute approximate surface area is 106 Å². The van der Waals surface area contributed by atoms with Crippen LogP contribution in [0, 0.1) is 5.82 Å². The summed E-state index contributed by atoms with van der Waals surface area (Å²) < 4.78 is 13.0. The van der Waals surface area contributed by atoms with Gasteiger partial charge in [-0.15, -0.1) is 0 Å². The van der Waals surface area contributed by atoms with Crippen LogP contribution < -0.4 is 10.6 Å². The van der Waals surface area contributed by atoms with Crippen LogP contribution in [0.15, 0.2) is 24.3 Å². The number of urea groups is 1. The summed E-state index contributed by atoms with van der Waals surface area (Å²) in [5.41, 5.74) is 0.485. The summed E-state index contributed by atoms with van der Waals surface area (Å²) >= 11 is 0. The first-order valence-corrected chi connectivity index (χ1v) is 6.13. The molecule has 1 aromatic carbocycles. The molecule has 0 spiro atoms. The minimum Gasteiger partial charge on any atom is -0.319 e. The number of hydrogen-bond donors (Lipinski definition) is 2. The first-order chi connectivity index (χ1) is 8.56. The van der Waals surface area contributed by atoms with Crippen LogP contribution in [-0.4, -0.2) is 36.1 Å². The fraction of sp³-hybridized carbons (Fsp3) is 0.462. The van der Waals surface area contributed by atoms with Gasteiger partial charge in [0.2, 0.25) is 0 Å². The average molecular weight is 251 g/mol. The van der Waals surface area contributed by atoms with Crippen LogP contribution in [0.3, 0.4) is 0 Å². The van der Waals surface area contributed by atoms with Gasteiger partial charge in [0.25, 0.3) is 0 Å². The molecule has 0 bridgehead atoms. The predicted molar refractivity (Wildman–Crippen MR) is 69.1 cm³/mol. The van der Waals surface area contributed by atoms with Gasteiger partial charge < -0.3 is 15.5 Å². The molecule has 1 heterocycles. The quantitative estimate of drug-likeness (QED) is 0.802. The van der Waals surface area contributed by atoms with Gasteiger partial charge in [-0.2, -0.15) is 0 Å². The van der Waals surface area contributed by atoms with Crippen molar-refractivity contribution in [2.24, 2.45) is 0 Å². The molecule has 2 atom stereocenters. The van der Waals surface area contributed by atoms with Crippen LogP contribution >= 0.6 is 0 Å². The highest BCUT2D eigenvalue weighted by Gasteiger charge is 2.26. The molecule has 18 heavy (non-hydrogen) atoms. The zero-order valence-electron chi connectivity index (χ0n) is 10.6. The summed E-state index contributed by atoms with van der Waals surface area (Å²) in [5.74, 6) is -0.352. The molecule has 98 valence electrons. The summed E-state index contributed by atoms with van der Waals surface area (Å²) in [6, 6.07) is 6.15. The molecular formula is C13H18FN3O. The van der Waals surface area contributed by atoms with Crippen molar-refractivity contribution in [3.8, 4) is 0 Å². The smallest absolute Gasteiger partial charge is 0.319 e. The van der Waals surface area contributed by atoms with Crippen LogP contribution in [-0.2, 0) is 0 Å². The molecule has 2 N–H and O–H groups in total. The molecule has 1 aliphatic rings. The Morgan fingerprint density at radius 3 is 3.00 bits per heavy atom. The molecule has 4 nitrogen and oxygen atoms in total. The fourth-order valence-electron chi connectivity index (χ4n) is 2.07. The zero-order valence-corrected chi connectivity index (χ0v) is 10.6. The number of anilines is 1. The Morgan fingerprint density at radius 2 is 2.28 bits per heavy atom. The van der Waals surface area contributed by atoms with Gasteiger partial charge >= 0.3 is 6.03 Å². The van der Waals surface area contributed by atoms with Crippen molar-refractivity contribution in [1.29, 1.82) is 0 Å². The third-order valence-electron chi connectivity index (χ3n) is 3.10. The number of carbonyl (C=O) groups is 1. The maximum atomic E-state index is 13.0. The van der Waals surface area contributed by atoms with E-state index in [9.17, 15) is 9.18 Å². The zero-order chi connectivity index (χ0) is 13.1. The average Bonchev–Trinajstić information content (AvgIpc) is 2.32. The van der Waals surface area contributed by atoms with E-state index in [4.69, 9.17) is 0 Å². The highest BCUT2D eigenvalue weighted by Crippen LogP contribution is 2.13. The topological polar surface area (TPSA) is 44.4 Å². The number of halogens is 1. The minimum absolute atomic E-state index is 0.134. The van der Waals surface area contributed by atoms with Gasteiger partial charge in [-0.25, -0.2) is 9.18 Å². The number of benzene rings is 1. The standard InChI is InChI=1S/C13H18FN3O/c1-9-8-17(10(2)7-15-9)13(18)16-12-5-3-4-11(14)6-12/h3-6,9-10,15H,7-8H2,1-2H3,(H,16,18). The summed E-state index contributed by atoms with van der Waals surface area (Å²) in [6.07, 6.45) is 0. The third kappa shape index (κ3) is 2.98. The van der Waals surface area contributed by atoms with Gasteiger partial charge in [0.1, 0.15) is 5.82 Å². The number of nitrogens with zero attached hydrogens (tertiary/aromatic N) is 1. The Bertz CT molecular complexity index is 438. The highest BCUT2D eigenvalue weighted by atomic mass is 19.1. The largest absolute Gasteiger partial charge is 0.322 e. The summed E-state index contributed by atoms with van der Waals surface area (Å²) in [5, 5.41) is 6.03. The van der Waals surface area contributed by atoms with Crippen molar-refractivity contribution in [3.05, 3.63) is 30.1 Å². The monoisotopic (exact) mass is 251 g/mol. The first kappa shape index (κ1) is 12.8. The van der Waals surface area contributed by atoms with Crippen LogP contribution in [0.25, 0.3) is 0 Å². The van der Waals surface area contributed by atoms with E-state index in [0.717, 1.165) is 6.54 Å². The Morgan fingerprint density at radius 1 is 1.50 bits per heavy atom.